The lowest BCUT2D eigenvalue weighted by Crippen LogP contribution is -2.57. The molecule has 1 aliphatic rings. The molecule has 2 rings (SSSR count). The number of hydrogen-bond donors (Lipinski definition) is 1. The first-order valence-corrected chi connectivity index (χ1v) is 8.28. The second kappa shape index (κ2) is 6.45. The van der Waals surface area contributed by atoms with Gasteiger partial charge in [-0.3, -0.25) is 9.88 Å². The normalized spacial score (nSPS) is 25.2. The second-order valence-electron chi connectivity index (χ2n) is 7.41. The van der Waals surface area contributed by atoms with Gasteiger partial charge in [0, 0.05) is 24.3 Å². The minimum Gasteiger partial charge on any atom is -0.329 e. The monoisotopic (exact) mass is 289 g/mol. The van der Waals surface area contributed by atoms with Crippen LogP contribution in [0.3, 0.4) is 0 Å². The molecular weight excluding hydrogens is 258 g/mol. The van der Waals surface area contributed by atoms with Crippen molar-refractivity contribution in [2.45, 2.75) is 65.5 Å². The topological polar surface area (TPSA) is 42.2 Å². The number of aromatic nitrogens is 1. The number of hydrogen-bond acceptors (Lipinski definition) is 3. The highest BCUT2D eigenvalue weighted by atomic mass is 15.2. The smallest absolute Gasteiger partial charge is 0.0547 e. The number of pyridine rings is 1. The SMILES string of the molecule is CCN(Cc1cccc(C)n1)C1(CN)CCCC(C)(C)C1. The van der Waals surface area contributed by atoms with E-state index in [0.29, 0.717) is 5.41 Å². The van der Waals surface area contributed by atoms with Crippen LogP contribution < -0.4 is 5.73 Å². The van der Waals surface area contributed by atoms with E-state index in [1.807, 2.05) is 0 Å². The Morgan fingerprint density at radius 1 is 1.29 bits per heavy atom. The number of nitrogens with two attached hydrogens (primary N) is 1. The van der Waals surface area contributed by atoms with Crippen molar-refractivity contribution in [1.82, 2.24) is 9.88 Å². The van der Waals surface area contributed by atoms with Gasteiger partial charge >= 0.3 is 0 Å². The molecule has 1 heterocycles. The molecular formula is C18H31N3. The molecule has 3 heteroatoms. The average molecular weight is 289 g/mol. The molecule has 1 unspecified atom stereocenters. The largest absolute Gasteiger partial charge is 0.329 e. The van der Waals surface area contributed by atoms with Crippen molar-refractivity contribution in [2.75, 3.05) is 13.1 Å². The molecule has 3 nitrogen and oxygen atoms in total. The van der Waals surface area contributed by atoms with Crippen molar-refractivity contribution in [3.8, 4) is 0 Å². The lowest BCUT2D eigenvalue weighted by atomic mass is 9.67. The first-order valence-electron chi connectivity index (χ1n) is 8.28. The van der Waals surface area contributed by atoms with Gasteiger partial charge in [0.2, 0.25) is 0 Å². The van der Waals surface area contributed by atoms with Crippen LogP contribution in [-0.4, -0.2) is 28.5 Å². The highest BCUT2D eigenvalue weighted by Gasteiger charge is 2.42. The maximum Gasteiger partial charge on any atom is 0.0547 e. The third-order valence-electron chi connectivity index (χ3n) is 5.03. The maximum absolute atomic E-state index is 6.26. The van der Waals surface area contributed by atoms with Crippen LogP contribution in [0.5, 0.6) is 0 Å². The van der Waals surface area contributed by atoms with Gasteiger partial charge in [-0.2, -0.15) is 0 Å². The third-order valence-corrected chi connectivity index (χ3v) is 5.03. The molecule has 0 saturated heterocycles. The van der Waals surface area contributed by atoms with E-state index in [2.05, 4.69) is 55.8 Å². The predicted molar refractivity (Wildman–Crippen MR) is 89.1 cm³/mol. The summed E-state index contributed by atoms with van der Waals surface area (Å²) in [6.07, 6.45) is 5.00. The summed E-state index contributed by atoms with van der Waals surface area (Å²) in [5.74, 6) is 0. The van der Waals surface area contributed by atoms with Crippen LogP contribution in [0.2, 0.25) is 0 Å². The summed E-state index contributed by atoms with van der Waals surface area (Å²) in [6.45, 7) is 11.8. The molecule has 0 bridgehead atoms. The molecule has 1 aliphatic carbocycles. The standard InChI is InChI=1S/C18H31N3/c1-5-21(12-16-9-6-8-15(2)20-16)18(14-19)11-7-10-17(3,4)13-18/h6,8-9H,5,7,10-14,19H2,1-4H3. The van der Waals surface area contributed by atoms with Gasteiger partial charge in [-0.05, 0) is 50.3 Å². The summed E-state index contributed by atoms with van der Waals surface area (Å²) < 4.78 is 0. The van der Waals surface area contributed by atoms with Gasteiger partial charge in [0.15, 0.2) is 0 Å². The molecule has 0 amide bonds. The summed E-state index contributed by atoms with van der Waals surface area (Å²) in [5, 5.41) is 0. The van der Waals surface area contributed by atoms with Crippen LogP contribution in [0.1, 0.15) is 57.8 Å². The molecule has 0 aromatic carbocycles. The zero-order valence-electron chi connectivity index (χ0n) is 14.2. The highest BCUT2D eigenvalue weighted by Crippen LogP contribution is 2.43. The molecule has 1 aromatic heterocycles. The summed E-state index contributed by atoms with van der Waals surface area (Å²) in [7, 11) is 0. The number of nitrogens with zero attached hydrogens (tertiary/aromatic N) is 2. The minimum atomic E-state index is 0.141. The zero-order valence-corrected chi connectivity index (χ0v) is 14.2. The van der Waals surface area contributed by atoms with E-state index in [-0.39, 0.29) is 5.54 Å². The second-order valence-corrected chi connectivity index (χ2v) is 7.41. The zero-order chi connectivity index (χ0) is 15.5. The van der Waals surface area contributed by atoms with Crippen molar-refractivity contribution in [3.05, 3.63) is 29.6 Å². The molecule has 0 spiro atoms. The summed E-state index contributed by atoms with van der Waals surface area (Å²) in [4.78, 5) is 7.24. The molecule has 21 heavy (non-hydrogen) atoms. The minimum absolute atomic E-state index is 0.141. The van der Waals surface area contributed by atoms with Crippen LogP contribution in [0, 0.1) is 12.3 Å². The van der Waals surface area contributed by atoms with E-state index in [1.165, 1.54) is 25.7 Å². The maximum atomic E-state index is 6.26. The van der Waals surface area contributed by atoms with E-state index in [1.54, 1.807) is 0 Å². The van der Waals surface area contributed by atoms with Gasteiger partial charge in [-0.25, -0.2) is 0 Å². The molecule has 2 N–H and O–H groups in total. The Hall–Kier alpha value is -0.930. The van der Waals surface area contributed by atoms with Gasteiger partial charge in [-0.1, -0.05) is 33.3 Å². The molecule has 0 aliphatic heterocycles. The van der Waals surface area contributed by atoms with Gasteiger partial charge in [0.1, 0.15) is 0 Å². The van der Waals surface area contributed by atoms with E-state index in [0.717, 1.165) is 31.0 Å². The Morgan fingerprint density at radius 2 is 2.05 bits per heavy atom. The van der Waals surface area contributed by atoms with Crippen LogP contribution in [0.25, 0.3) is 0 Å². The Bertz CT molecular complexity index is 469. The van der Waals surface area contributed by atoms with Crippen LogP contribution in [0.15, 0.2) is 18.2 Å². The van der Waals surface area contributed by atoms with E-state index in [9.17, 15) is 0 Å². The lowest BCUT2D eigenvalue weighted by molar-refractivity contribution is 0.00670. The van der Waals surface area contributed by atoms with Crippen molar-refractivity contribution >= 4 is 0 Å². The molecule has 118 valence electrons. The number of rotatable bonds is 5. The predicted octanol–water partition coefficient (Wildman–Crippen LogP) is 3.51. The molecule has 1 fully saturated rings. The van der Waals surface area contributed by atoms with Crippen molar-refractivity contribution < 1.29 is 0 Å². The van der Waals surface area contributed by atoms with Gasteiger partial charge in [0.25, 0.3) is 0 Å². The van der Waals surface area contributed by atoms with Crippen LogP contribution in [-0.2, 0) is 6.54 Å². The molecule has 1 aromatic rings. The first-order chi connectivity index (χ1) is 9.91. The summed E-state index contributed by atoms with van der Waals surface area (Å²) >= 11 is 0. The Labute approximate surface area is 129 Å². The fraction of sp³-hybridized carbons (Fsp3) is 0.722. The highest BCUT2D eigenvalue weighted by molar-refractivity contribution is 5.11. The Kier molecular flexibility index (Phi) is 5.05. The van der Waals surface area contributed by atoms with E-state index < -0.39 is 0 Å². The van der Waals surface area contributed by atoms with Crippen LogP contribution in [0.4, 0.5) is 0 Å². The van der Waals surface area contributed by atoms with E-state index in [4.69, 9.17) is 5.73 Å². The third kappa shape index (κ3) is 3.83. The van der Waals surface area contributed by atoms with Gasteiger partial charge in [-0.15, -0.1) is 0 Å². The molecule has 0 radical (unpaired) electrons. The molecule has 1 atom stereocenters. The van der Waals surface area contributed by atoms with Gasteiger partial charge in [0.05, 0.1) is 5.69 Å². The first kappa shape index (κ1) is 16.4. The fourth-order valence-corrected chi connectivity index (χ4v) is 4.03. The van der Waals surface area contributed by atoms with E-state index >= 15 is 0 Å². The number of likely N-dealkylation sites (N-methyl/N-ethyl adjacent to an activating group) is 1. The van der Waals surface area contributed by atoms with Crippen molar-refractivity contribution in [2.24, 2.45) is 11.1 Å². The quantitative estimate of drug-likeness (QED) is 0.902. The summed E-state index contributed by atoms with van der Waals surface area (Å²) in [6, 6.07) is 6.29. The van der Waals surface area contributed by atoms with Crippen LogP contribution >= 0.6 is 0 Å². The fourth-order valence-electron chi connectivity index (χ4n) is 4.03. The average Bonchev–Trinajstić information content (AvgIpc) is 2.43. The summed E-state index contributed by atoms with van der Waals surface area (Å²) in [5.41, 5.74) is 9.04. The van der Waals surface area contributed by atoms with Crippen molar-refractivity contribution in [1.29, 1.82) is 0 Å². The Morgan fingerprint density at radius 3 is 2.62 bits per heavy atom. The lowest BCUT2D eigenvalue weighted by Gasteiger charge is -2.50. The van der Waals surface area contributed by atoms with Gasteiger partial charge < -0.3 is 5.73 Å². The van der Waals surface area contributed by atoms with Crippen molar-refractivity contribution in [3.63, 3.8) is 0 Å². The molecule has 1 saturated carbocycles. The number of aryl methyl sites for hydroxylation is 1. The Balaban J connectivity index is 2.21.